The summed E-state index contributed by atoms with van der Waals surface area (Å²) in [6, 6.07) is 10.5. The van der Waals surface area contributed by atoms with Gasteiger partial charge in [0.2, 0.25) is 0 Å². The molecule has 3 heteroatoms. The van der Waals surface area contributed by atoms with Crippen LogP contribution in [-0.4, -0.2) is 29.1 Å². The zero-order valence-electron chi connectivity index (χ0n) is 9.75. The van der Waals surface area contributed by atoms with E-state index in [1.807, 2.05) is 6.07 Å². The summed E-state index contributed by atoms with van der Waals surface area (Å²) in [5, 5.41) is 8.77. The average Bonchev–Trinajstić information content (AvgIpc) is 2.74. The molecule has 3 nitrogen and oxygen atoms in total. The molecule has 2 fully saturated rings. The van der Waals surface area contributed by atoms with Crippen LogP contribution in [0.4, 0.5) is 0 Å². The smallest absolute Gasteiger partial charge is 0.303 e. The van der Waals surface area contributed by atoms with Crippen LogP contribution in [0.5, 0.6) is 0 Å². The highest BCUT2D eigenvalue weighted by atomic mass is 16.4. The fourth-order valence-corrected chi connectivity index (χ4v) is 3.21. The summed E-state index contributed by atoms with van der Waals surface area (Å²) in [4.78, 5) is 13.1. The summed E-state index contributed by atoms with van der Waals surface area (Å²) in [5.41, 5.74) is 1.35. The number of aliphatic carboxylic acids is 1. The first-order chi connectivity index (χ1) is 8.24. The van der Waals surface area contributed by atoms with E-state index < -0.39 is 5.97 Å². The fraction of sp³-hybridized carbons (Fsp3) is 0.500. The van der Waals surface area contributed by atoms with Gasteiger partial charge in [-0.25, -0.2) is 0 Å². The first-order valence-electron chi connectivity index (χ1n) is 6.22. The van der Waals surface area contributed by atoms with Gasteiger partial charge < -0.3 is 5.11 Å². The van der Waals surface area contributed by atoms with E-state index in [9.17, 15) is 4.79 Å². The maximum Gasteiger partial charge on any atom is 0.303 e. The van der Waals surface area contributed by atoms with E-state index in [2.05, 4.69) is 29.2 Å². The maximum absolute atomic E-state index is 10.6. The summed E-state index contributed by atoms with van der Waals surface area (Å²) in [5.74, 6) is 1.11. The summed E-state index contributed by atoms with van der Waals surface area (Å²) in [7, 11) is 0. The first kappa shape index (κ1) is 10.8. The number of benzene rings is 1. The van der Waals surface area contributed by atoms with E-state index in [0.717, 1.165) is 19.6 Å². The minimum Gasteiger partial charge on any atom is -0.481 e. The summed E-state index contributed by atoms with van der Waals surface area (Å²) < 4.78 is 0. The number of carbonyl (C=O) groups is 1. The van der Waals surface area contributed by atoms with E-state index >= 15 is 0 Å². The van der Waals surface area contributed by atoms with Crippen molar-refractivity contribution in [3.05, 3.63) is 35.9 Å². The van der Waals surface area contributed by atoms with Gasteiger partial charge in [0, 0.05) is 26.1 Å². The van der Waals surface area contributed by atoms with Crippen molar-refractivity contribution in [2.45, 2.75) is 13.0 Å². The Labute approximate surface area is 101 Å². The number of nitrogens with zero attached hydrogens (tertiary/aromatic N) is 1. The van der Waals surface area contributed by atoms with Crippen LogP contribution in [0.1, 0.15) is 12.0 Å². The molecule has 0 spiro atoms. The number of carboxylic acids is 1. The van der Waals surface area contributed by atoms with Gasteiger partial charge in [-0.15, -0.1) is 0 Å². The van der Waals surface area contributed by atoms with Gasteiger partial charge in [-0.05, 0) is 23.3 Å². The van der Waals surface area contributed by atoms with Gasteiger partial charge in [0.15, 0.2) is 0 Å². The second-order valence-electron chi connectivity index (χ2n) is 5.27. The molecule has 0 amide bonds. The number of fused-ring (bicyclic) bond motifs is 1. The molecule has 1 heterocycles. The summed E-state index contributed by atoms with van der Waals surface area (Å²) in [6.45, 7) is 3.17. The second kappa shape index (κ2) is 4.15. The van der Waals surface area contributed by atoms with Crippen molar-refractivity contribution < 1.29 is 9.90 Å². The quantitative estimate of drug-likeness (QED) is 0.859. The zero-order valence-corrected chi connectivity index (χ0v) is 9.75. The van der Waals surface area contributed by atoms with Crippen LogP contribution in [0.15, 0.2) is 30.3 Å². The van der Waals surface area contributed by atoms with Gasteiger partial charge >= 0.3 is 5.97 Å². The second-order valence-corrected chi connectivity index (χ2v) is 5.27. The first-order valence-corrected chi connectivity index (χ1v) is 6.22. The molecule has 0 bridgehead atoms. The normalized spacial score (nSPS) is 31.2. The molecule has 17 heavy (non-hydrogen) atoms. The van der Waals surface area contributed by atoms with Crippen molar-refractivity contribution in [1.29, 1.82) is 0 Å². The Bertz CT molecular complexity index is 405. The molecule has 1 unspecified atom stereocenters. The number of hydrogen-bond acceptors (Lipinski definition) is 2. The third kappa shape index (κ3) is 2.20. The van der Waals surface area contributed by atoms with Crippen molar-refractivity contribution in [3.8, 4) is 0 Å². The lowest BCUT2D eigenvalue weighted by molar-refractivity contribution is -0.137. The van der Waals surface area contributed by atoms with Crippen LogP contribution in [0, 0.1) is 17.8 Å². The Balaban J connectivity index is 1.51. The fourth-order valence-electron chi connectivity index (χ4n) is 3.21. The Morgan fingerprint density at radius 2 is 1.88 bits per heavy atom. The van der Waals surface area contributed by atoms with E-state index in [-0.39, 0.29) is 0 Å². The predicted molar refractivity (Wildman–Crippen MR) is 64.4 cm³/mol. The van der Waals surface area contributed by atoms with Gasteiger partial charge in [-0.2, -0.15) is 0 Å². The van der Waals surface area contributed by atoms with E-state index in [1.165, 1.54) is 5.56 Å². The Morgan fingerprint density at radius 1 is 1.24 bits per heavy atom. The molecule has 1 N–H and O–H groups in total. The van der Waals surface area contributed by atoms with Crippen molar-refractivity contribution in [2.75, 3.05) is 13.1 Å². The molecule has 1 saturated carbocycles. The number of carboxylic acid groups (broad SMARTS) is 1. The number of rotatable bonds is 4. The number of hydrogen-bond donors (Lipinski definition) is 1. The van der Waals surface area contributed by atoms with Gasteiger partial charge in [0.1, 0.15) is 0 Å². The van der Waals surface area contributed by atoms with Crippen molar-refractivity contribution in [3.63, 3.8) is 0 Å². The van der Waals surface area contributed by atoms with Crippen LogP contribution in [0.3, 0.4) is 0 Å². The number of piperidine rings is 1. The molecule has 1 saturated heterocycles. The molecule has 90 valence electrons. The Morgan fingerprint density at radius 3 is 2.47 bits per heavy atom. The third-order valence-electron chi connectivity index (χ3n) is 4.11. The van der Waals surface area contributed by atoms with Crippen LogP contribution < -0.4 is 0 Å². The topological polar surface area (TPSA) is 40.5 Å². The van der Waals surface area contributed by atoms with Crippen LogP contribution >= 0.6 is 0 Å². The summed E-state index contributed by atoms with van der Waals surface area (Å²) >= 11 is 0. The molecule has 2 aliphatic rings. The Hall–Kier alpha value is -1.35. The zero-order chi connectivity index (χ0) is 11.8. The van der Waals surface area contributed by atoms with E-state index in [4.69, 9.17) is 5.11 Å². The molecule has 1 aliphatic carbocycles. The van der Waals surface area contributed by atoms with Gasteiger partial charge in [0.25, 0.3) is 0 Å². The summed E-state index contributed by atoms with van der Waals surface area (Å²) in [6.07, 6.45) is 0.370. The molecule has 1 aromatic carbocycles. The highest BCUT2D eigenvalue weighted by molar-refractivity contribution is 5.67. The van der Waals surface area contributed by atoms with Crippen molar-refractivity contribution >= 4 is 5.97 Å². The lowest BCUT2D eigenvalue weighted by atomic mass is 10.1. The predicted octanol–water partition coefficient (Wildman–Crippen LogP) is 1.84. The van der Waals surface area contributed by atoms with Gasteiger partial charge in [-0.3, -0.25) is 9.69 Å². The minimum atomic E-state index is -0.640. The van der Waals surface area contributed by atoms with Gasteiger partial charge in [-0.1, -0.05) is 30.3 Å². The lowest BCUT2D eigenvalue weighted by Gasteiger charge is -2.18. The lowest BCUT2D eigenvalue weighted by Crippen LogP contribution is -2.24. The standard InChI is InChI=1S/C14H17NO2/c16-14(17)6-11-12-8-15(9-13(11)12)7-10-4-2-1-3-5-10/h1-5,11-13H,6-9H2,(H,16,17)/t11?,12-,13+. The Kier molecular flexibility index (Phi) is 2.63. The number of likely N-dealkylation sites (tertiary alicyclic amines) is 1. The molecular formula is C14H17NO2. The highest BCUT2D eigenvalue weighted by Gasteiger charge is 2.55. The van der Waals surface area contributed by atoms with Gasteiger partial charge in [0.05, 0.1) is 0 Å². The van der Waals surface area contributed by atoms with E-state index in [1.54, 1.807) is 0 Å². The molecule has 1 aromatic rings. The van der Waals surface area contributed by atoms with Crippen LogP contribution in [-0.2, 0) is 11.3 Å². The molecule has 0 aromatic heterocycles. The van der Waals surface area contributed by atoms with Crippen molar-refractivity contribution in [1.82, 2.24) is 4.90 Å². The highest BCUT2D eigenvalue weighted by Crippen LogP contribution is 2.53. The molecule has 1 aliphatic heterocycles. The van der Waals surface area contributed by atoms with Crippen LogP contribution in [0.25, 0.3) is 0 Å². The molecule has 3 atom stereocenters. The van der Waals surface area contributed by atoms with Crippen molar-refractivity contribution in [2.24, 2.45) is 17.8 Å². The molecule has 0 radical (unpaired) electrons. The largest absolute Gasteiger partial charge is 0.481 e. The SMILES string of the molecule is O=C(O)CC1[C@H]2CN(Cc3ccccc3)C[C@@H]12. The third-order valence-corrected chi connectivity index (χ3v) is 4.11. The molecular weight excluding hydrogens is 214 g/mol. The average molecular weight is 231 g/mol. The van der Waals surface area contributed by atoms with Crippen LogP contribution in [0.2, 0.25) is 0 Å². The van der Waals surface area contributed by atoms with E-state index in [0.29, 0.717) is 24.2 Å². The monoisotopic (exact) mass is 231 g/mol. The molecule has 3 rings (SSSR count). The minimum absolute atomic E-state index is 0.370. The maximum atomic E-state index is 10.6.